The van der Waals surface area contributed by atoms with Crippen molar-refractivity contribution in [3.05, 3.63) is 53.8 Å². The van der Waals surface area contributed by atoms with E-state index in [2.05, 4.69) is 0 Å². The Morgan fingerprint density at radius 2 is 1.87 bits per heavy atom. The molecule has 5 heteroatoms. The molecule has 1 aromatic carbocycles. The van der Waals surface area contributed by atoms with Gasteiger partial charge in [-0.25, -0.2) is 8.42 Å². The average molecular weight is 333 g/mol. The highest BCUT2D eigenvalue weighted by Gasteiger charge is 2.36. The van der Waals surface area contributed by atoms with E-state index in [1.165, 1.54) is 10.4 Å². The molecule has 0 amide bonds. The minimum absolute atomic E-state index is 0.211. The molecule has 0 bridgehead atoms. The van der Waals surface area contributed by atoms with Crippen LogP contribution >= 0.6 is 0 Å². The molecule has 1 atom stereocenters. The first-order chi connectivity index (χ1) is 10.7. The molecule has 1 unspecified atom stereocenters. The Morgan fingerprint density at radius 1 is 1.26 bits per heavy atom. The molecule has 1 heterocycles. The van der Waals surface area contributed by atoms with E-state index in [9.17, 15) is 13.2 Å². The van der Waals surface area contributed by atoms with Crippen LogP contribution in [-0.4, -0.2) is 24.5 Å². The lowest BCUT2D eigenvalue weighted by atomic mass is 10.1. The van der Waals surface area contributed by atoms with Crippen molar-refractivity contribution in [2.75, 3.05) is 0 Å². The fourth-order valence-corrected chi connectivity index (χ4v) is 4.16. The van der Waals surface area contributed by atoms with Crippen molar-refractivity contribution in [2.24, 2.45) is 5.92 Å². The number of hydrogen-bond acceptors (Lipinski definition) is 3. The number of benzene rings is 1. The first-order valence-corrected chi connectivity index (χ1v) is 9.21. The summed E-state index contributed by atoms with van der Waals surface area (Å²) in [6.07, 6.45) is 5.50. The Morgan fingerprint density at radius 3 is 2.43 bits per heavy atom. The highest BCUT2D eigenvalue weighted by atomic mass is 32.2. The molecule has 0 saturated heterocycles. The molecule has 1 aliphatic rings. The Labute approximate surface area is 138 Å². The van der Waals surface area contributed by atoms with Crippen LogP contribution in [-0.2, 0) is 14.8 Å². The molecule has 0 radical (unpaired) electrons. The van der Waals surface area contributed by atoms with Gasteiger partial charge < -0.3 is 0 Å². The molecule has 0 aromatic heterocycles. The van der Waals surface area contributed by atoms with Crippen LogP contribution in [0.15, 0.2) is 53.1 Å². The third-order valence-corrected chi connectivity index (χ3v) is 5.70. The summed E-state index contributed by atoms with van der Waals surface area (Å²) in [4.78, 5) is 12.6. The number of allylic oxidation sites excluding steroid dienone is 2. The van der Waals surface area contributed by atoms with Gasteiger partial charge in [-0.3, -0.25) is 9.10 Å². The van der Waals surface area contributed by atoms with Gasteiger partial charge in [0.05, 0.1) is 10.6 Å². The van der Waals surface area contributed by atoms with E-state index in [1.807, 2.05) is 27.7 Å². The third kappa shape index (κ3) is 3.72. The maximum atomic E-state index is 12.9. The fraction of sp³-hybridized carbons (Fsp3) is 0.389. The van der Waals surface area contributed by atoms with Crippen LogP contribution < -0.4 is 0 Å². The summed E-state index contributed by atoms with van der Waals surface area (Å²) in [7, 11) is -3.73. The van der Waals surface area contributed by atoms with Gasteiger partial charge in [0.25, 0.3) is 10.0 Å². The molecule has 1 aromatic rings. The Kier molecular flexibility index (Phi) is 5.09. The van der Waals surface area contributed by atoms with Gasteiger partial charge >= 0.3 is 0 Å². The molecule has 2 rings (SSSR count). The minimum atomic E-state index is -3.73. The second-order valence-electron chi connectivity index (χ2n) is 6.26. The second kappa shape index (κ2) is 6.71. The fourth-order valence-electron chi connectivity index (χ4n) is 2.47. The minimum Gasteiger partial charge on any atom is -0.288 e. The molecule has 0 aliphatic carbocycles. The van der Waals surface area contributed by atoms with E-state index in [0.29, 0.717) is 6.42 Å². The standard InChI is InChI=1S/C18H23NO3S/c1-13(2)5-12-18(20)17-11-8-15(4)19(17)23(21,22)16-9-6-14(3)7-10-16/h5-7,9-13,15H,8H2,1-4H3/b12-5+. The van der Waals surface area contributed by atoms with Crippen LogP contribution in [0.4, 0.5) is 0 Å². The zero-order chi connectivity index (χ0) is 17.2. The Hall–Kier alpha value is -1.88. The van der Waals surface area contributed by atoms with Crippen molar-refractivity contribution in [3.8, 4) is 0 Å². The van der Waals surface area contributed by atoms with Gasteiger partial charge in [-0.1, -0.05) is 43.7 Å². The quantitative estimate of drug-likeness (QED) is 0.776. The Balaban J connectivity index is 2.37. The number of sulfonamides is 1. The highest BCUT2D eigenvalue weighted by Crippen LogP contribution is 2.30. The summed E-state index contributed by atoms with van der Waals surface area (Å²) in [5, 5.41) is 0. The SMILES string of the molecule is Cc1ccc(S(=O)(=O)N2C(C(=O)/C=C/C(C)C)=CCC2C)cc1. The summed E-state index contributed by atoms with van der Waals surface area (Å²) < 4.78 is 27.1. The molecule has 0 fully saturated rings. The number of carbonyl (C=O) groups is 1. The van der Waals surface area contributed by atoms with E-state index in [-0.39, 0.29) is 28.3 Å². The van der Waals surface area contributed by atoms with Crippen molar-refractivity contribution in [1.82, 2.24) is 4.31 Å². The molecule has 0 saturated carbocycles. The summed E-state index contributed by atoms with van der Waals surface area (Å²) in [5.74, 6) is -0.0285. The maximum Gasteiger partial charge on any atom is 0.264 e. The predicted octanol–water partition coefficient (Wildman–Crippen LogP) is 3.44. The largest absolute Gasteiger partial charge is 0.288 e. The first kappa shape index (κ1) is 17.5. The van der Waals surface area contributed by atoms with Crippen molar-refractivity contribution >= 4 is 15.8 Å². The lowest BCUT2D eigenvalue weighted by Gasteiger charge is -2.26. The highest BCUT2D eigenvalue weighted by molar-refractivity contribution is 7.89. The van der Waals surface area contributed by atoms with Crippen molar-refractivity contribution < 1.29 is 13.2 Å². The molecule has 0 N–H and O–H groups in total. The summed E-state index contributed by atoms with van der Waals surface area (Å²) >= 11 is 0. The zero-order valence-electron chi connectivity index (χ0n) is 14.0. The number of hydrogen-bond donors (Lipinski definition) is 0. The smallest absolute Gasteiger partial charge is 0.264 e. The van der Waals surface area contributed by atoms with Gasteiger partial charge in [0.15, 0.2) is 0 Å². The van der Waals surface area contributed by atoms with E-state index >= 15 is 0 Å². The van der Waals surface area contributed by atoms with Gasteiger partial charge in [-0.15, -0.1) is 0 Å². The molecule has 0 spiro atoms. The summed E-state index contributed by atoms with van der Waals surface area (Å²) in [5.41, 5.74) is 1.24. The summed E-state index contributed by atoms with van der Waals surface area (Å²) in [6.45, 7) is 7.65. The molecule has 4 nitrogen and oxygen atoms in total. The van der Waals surface area contributed by atoms with Crippen molar-refractivity contribution in [1.29, 1.82) is 0 Å². The topological polar surface area (TPSA) is 54.5 Å². The lowest BCUT2D eigenvalue weighted by Crippen LogP contribution is -2.36. The normalized spacial score (nSPS) is 18.7. The molecule has 1 aliphatic heterocycles. The predicted molar refractivity (Wildman–Crippen MR) is 91.4 cm³/mol. The maximum absolute atomic E-state index is 12.9. The monoisotopic (exact) mass is 333 g/mol. The number of carbonyl (C=O) groups excluding carboxylic acids is 1. The number of rotatable bonds is 5. The van der Waals surface area contributed by atoms with Gasteiger partial charge in [-0.05, 0) is 44.4 Å². The van der Waals surface area contributed by atoms with Crippen LogP contribution in [0.2, 0.25) is 0 Å². The summed E-state index contributed by atoms with van der Waals surface area (Å²) in [6, 6.07) is 6.44. The second-order valence-corrected chi connectivity index (χ2v) is 8.07. The first-order valence-electron chi connectivity index (χ1n) is 7.77. The number of nitrogens with zero attached hydrogens (tertiary/aromatic N) is 1. The number of aryl methyl sites for hydroxylation is 1. The third-order valence-electron chi connectivity index (χ3n) is 3.75. The van der Waals surface area contributed by atoms with Crippen LogP contribution in [0.25, 0.3) is 0 Å². The van der Waals surface area contributed by atoms with Crippen molar-refractivity contribution in [3.63, 3.8) is 0 Å². The van der Waals surface area contributed by atoms with Crippen LogP contribution in [0.5, 0.6) is 0 Å². The van der Waals surface area contributed by atoms with E-state index in [0.717, 1.165) is 5.56 Å². The van der Waals surface area contributed by atoms with Gasteiger partial charge in [0.1, 0.15) is 0 Å². The van der Waals surface area contributed by atoms with Crippen LogP contribution in [0.1, 0.15) is 32.8 Å². The van der Waals surface area contributed by atoms with E-state index in [1.54, 1.807) is 36.4 Å². The molecule has 23 heavy (non-hydrogen) atoms. The van der Waals surface area contributed by atoms with E-state index < -0.39 is 10.0 Å². The van der Waals surface area contributed by atoms with Gasteiger partial charge in [0.2, 0.25) is 5.78 Å². The van der Waals surface area contributed by atoms with Crippen LogP contribution in [0, 0.1) is 12.8 Å². The van der Waals surface area contributed by atoms with Gasteiger partial charge in [-0.2, -0.15) is 0 Å². The lowest BCUT2D eigenvalue weighted by molar-refractivity contribution is -0.112. The molecular weight excluding hydrogens is 310 g/mol. The molecule has 124 valence electrons. The van der Waals surface area contributed by atoms with Crippen LogP contribution in [0.3, 0.4) is 0 Å². The Bertz CT molecular complexity index is 743. The average Bonchev–Trinajstić information content (AvgIpc) is 2.87. The number of ketones is 1. The van der Waals surface area contributed by atoms with E-state index in [4.69, 9.17) is 0 Å². The van der Waals surface area contributed by atoms with Crippen molar-refractivity contribution in [2.45, 2.75) is 45.1 Å². The molecular formula is C18H23NO3S. The zero-order valence-corrected chi connectivity index (χ0v) is 14.8. The van der Waals surface area contributed by atoms with Gasteiger partial charge in [0, 0.05) is 6.04 Å².